The minimum Gasteiger partial charge on any atom is -0.486 e. The molecule has 0 bridgehead atoms. The molecule has 1 amide bonds. The quantitative estimate of drug-likeness (QED) is 0.853. The average Bonchev–Trinajstić information content (AvgIpc) is 2.29. The van der Waals surface area contributed by atoms with Crippen LogP contribution in [-0.4, -0.2) is 11.5 Å². The van der Waals surface area contributed by atoms with Gasteiger partial charge >= 0.3 is 0 Å². The number of carbonyl (C=O) groups is 1. The molecule has 3 heteroatoms. The summed E-state index contributed by atoms with van der Waals surface area (Å²) in [4.78, 5) is 11.6. The summed E-state index contributed by atoms with van der Waals surface area (Å²) < 4.78 is 5.98. The van der Waals surface area contributed by atoms with Gasteiger partial charge in [0.25, 0.3) is 0 Å². The Morgan fingerprint density at radius 3 is 2.18 bits per heavy atom. The van der Waals surface area contributed by atoms with Gasteiger partial charge in [0.1, 0.15) is 11.4 Å². The standard InChI is InChI=1S/C14H21NO2/c1-5-14(4,13(2,3)12(15)16)17-11-9-7-6-8-10-11/h6-10H,5H2,1-4H3,(H2,15,16). The van der Waals surface area contributed by atoms with E-state index in [1.54, 1.807) is 0 Å². The van der Waals surface area contributed by atoms with E-state index in [2.05, 4.69) is 0 Å². The molecule has 1 atom stereocenters. The van der Waals surface area contributed by atoms with Crippen molar-refractivity contribution >= 4 is 5.91 Å². The van der Waals surface area contributed by atoms with Gasteiger partial charge in [-0.25, -0.2) is 0 Å². The van der Waals surface area contributed by atoms with Crippen LogP contribution in [-0.2, 0) is 4.79 Å². The number of carbonyl (C=O) groups excluding carboxylic acids is 1. The third-order valence-electron chi connectivity index (χ3n) is 3.70. The molecule has 1 rings (SSSR count). The molecule has 2 N–H and O–H groups in total. The molecular formula is C14H21NO2. The minimum absolute atomic E-state index is 0.349. The first-order chi connectivity index (χ1) is 7.83. The van der Waals surface area contributed by atoms with Gasteiger partial charge in [-0.05, 0) is 39.3 Å². The van der Waals surface area contributed by atoms with Gasteiger partial charge in [-0.15, -0.1) is 0 Å². The van der Waals surface area contributed by atoms with Crippen LogP contribution >= 0.6 is 0 Å². The van der Waals surface area contributed by atoms with Gasteiger partial charge in [0.2, 0.25) is 5.91 Å². The van der Waals surface area contributed by atoms with Crippen molar-refractivity contribution in [2.24, 2.45) is 11.1 Å². The Bertz CT molecular complexity index is 386. The van der Waals surface area contributed by atoms with Crippen molar-refractivity contribution in [2.45, 2.75) is 39.7 Å². The van der Waals surface area contributed by atoms with Crippen LogP contribution in [0.3, 0.4) is 0 Å². The van der Waals surface area contributed by atoms with Gasteiger partial charge < -0.3 is 10.5 Å². The molecule has 0 aliphatic carbocycles. The van der Waals surface area contributed by atoms with Crippen molar-refractivity contribution in [3.05, 3.63) is 30.3 Å². The lowest BCUT2D eigenvalue weighted by atomic mass is 9.73. The van der Waals surface area contributed by atoms with Crippen molar-refractivity contribution in [3.8, 4) is 5.75 Å². The van der Waals surface area contributed by atoms with Crippen LogP contribution in [0.1, 0.15) is 34.1 Å². The van der Waals surface area contributed by atoms with E-state index in [-0.39, 0.29) is 5.91 Å². The van der Waals surface area contributed by atoms with E-state index in [1.807, 2.05) is 58.0 Å². The Kier molecular flexibility index (Phi) is 3.81. The monoisotopic (exact) mass is 235 g/mol. The Hall–Kier alpha value is -1.51. The molecule has 0 aromatic heterocycles. The van der Waals surface area contributed by atoms with Crippen LogP contribution in [0.4, 0.5) is 0 Å². The highest BCUT2D eigenvalue weighted by atomic mass is 16.5. The van der Waals surface area contributed by atoms with Crippen LogP contribution in [0, 0.1) is 5.41 Å². The van der Waals surface area contributed by atoms with E-state index >= 15 is 0 Å². The molecule has 0 saturated carbocycles. The molecule has 0 fully saturated rings. The maximum atomic E-state index is 11.6. The smallest absolute Gasteiger partial charge is 0.227 e. The van der Waals surface area contributed by atoms with Gasteiger partial charge in [-0.2, -0.15) is 0 Å². The van der Waals surface area contributed by atoms with E-state index in [0.29, 0.717) is 6.42 Å². The second kappa shape index (κ2) is 4.78. The second-order valence-corrected chi connectivity index (χ2v) is 4.99. The zero-order valence-electron chi connectivity index (χ0n) is 11.0. The number of hydrogen-bond acceptors (Lipinski definition) is 2. The lowest BCUT2D eigenvalue weighted by Crippen LogP contribution is -2.53. The first-order valence-electron chi connectivity index (χ1n) is 5.87. The third-order valence-corrected chi connectivity index (χ3v) is 3.70. The summed E-state index contributed by atoms with van der Waals surface area (Å²) >= 11 is 0. The van der Waals surface area contributed by atoms with E-state index in [0.717, 1.165) is 5.75 Å². The Morgan fingerprint density at radius 2 is 1.76 bits per heavy atom. The van der Waals surface area contributed by atoms with E-state index < -0.39 is 11.0 Å². The number of hydrogen-bond donors (Lipinski definition) is 1. The Balaban J connectivity index is 3.01. The van der Waals surface area contributed by atoms with Crippen LogP contribution in [0.15, 0.2) is 30.3 Å². The van der Waals surface area contributed by atoms with Crippen LogP contribution in [0.2, 0.25) is 0 Å². The summed E-state index contributed by atoms with van der Waals surface area (Å²) in [6, 6.07) is 9.50. The first-order valence-corrected chi connectivity index (χ1v) is 5.87. The molecule has 0 radical (unpaired) electrons. The molecule has 0 heterocycles. The van der Waals surface area contributed by atoms with Crippen molar-refractivity contribution in [1.29, 1.82) is 0 Å². The van der Waals surface area contributed by atoms with Gasteiger partial charge in [0.15, 0.2) is 0 Å². The molecule has 94 valence electrons. The van der Waals surface area contributed by atoms with Crippen LogP contribution in [0.5, 0.6) is 5.75 Å². The topological polar surface area (TPSA) is 52.3 Å². The van der Waals surface area contributed by atoms with Crippen molar-refractivity contribution < 1.29 is 9.53 Å². The fourth-order valence-corrected chi connectivity index (χ4v) is 1.65. The van der Waals surface area contributed by atoms with Crippen LogP contribution in [0.25, 0.3) is 0 Å². The Morgan fingerprint density at radius 1 is 1.24 bits per heavy atom. The number of ether oxygens (including phenoxy) is 1. The number of benzene rings is 1. The van der Waals surface area contributed by atoms with Crippen molar-refractivity contribution in [1.82, 2.24) is 0 Å². The molecule has 1 aromatic carbocycles. The zero-order chi connectivity index (χ0) is 13.1. The van der Waals surface area contributed by atoms with Gasteiger partial charge in [0.05, 0.1) is 5.41 Å². The SMILES string of the molecule is CCC(C)(Oc1ccccc1)C(C)(C)C(N)=O. The van der Waals surface area contributed by atoms with E-state index in [9.17, 15) is 4.79 Å². The van der Waals surface area contributed by atoms with Gasteiger partial charge in [-0.1, -0.05) is 25.1 Å². The Labute approximate surface area is 103 Å². The summed E-state index contributed by atoms with van der Waals surface area (Å²) in [5, 5.41) is 0. The number of primary amides is 1. The molecule has 1 aromatic rings. The molecular weight excluding hydrogens is 214 g/mol. The highest BCUT2D eigenvalue weighted by Crippen LogP contribution is 2.37. The van der Waals surface area contributed by atoms with Gasteiger partial charge in [-0.3, -0.25) is 4.79 Å². The molecule has 3 nitrogen and oxygen atoms in total. The summed E-state index contributed by atoms with van der Waals surface area (Å²) in [7, 11) is 0. The van der Waals surface area contributed by atoms with E-state index in [1.165, 1.54) is 0 Å². The number of para-hydroxylation sites is 1. The van der Waals surface area contributed by atoms with Crippen LogP contribution < -0.4 is 10.5 Å². The molecule has 0 aliphatic rings. The number of rotatable bonds is 5. The summed E-state index contributed by atoms with van der Waals surface area (Å²) in [5.41, 5.74) is 4.13. The van der Waals surface area contributed by atoms with Crippen molar-refractivity contribution in [2.75, 3.05) is 0 Å². The molecule has 1 unspecified atom stereocenters. The molecule has 0 aliphatic heterocycles. The largest absolute Gasteiger partial charge is 0.486 e. The fourth-order valence-electron chi connectivity index (χ4n) is 1.65. The summed E-state index contributed by atoms with van der Waals surface area (Å²) in [6.07, 6.45) is 0.706. The average molecular weight is 235 g/mol. The number of amides is 1. The predicted octanol–water partition coefficient (Wildman–Crippen LogP) is 2.75. The number of nitrogens with two attached hydrogens (primary N) is 1. The fraction of sp³-hybridized carbons (Fsp3) is 0.500. The maximum absolute atomic E-state index is 11.6. The lowest BCUT2D eigenvalue weighted by Gasteiger charge is -2.41. The normalized spacial score (nSPS) is 15.1. The molecule has 0 saturated heterocycles. The predicted molar refractivity (Wildman–Crippen MR) is 68.7 cm³/mol. The summed E-state index contributed by atoms with van der Waals surface area (Å²) in [6.45, 7) is 7.56. The molecule has 17 heavy (non-hydrogen) atoms. The minimum atomic E-state index is -0.725. The third kappa shape index (κ3) is 2.60. The highest BCUT2D eigenvalue weighted by Gasteiger charge is 2.46. The van der Waals surface area contributed by atoms with E-state index in [4.69, 9.17) is 10.5 Å². The lowest BCUT2D eigenvalue weighted by molar-refractivity contribution is -0.138. The summed E-state index contributed by atoms with van der Waals surface area (Å²) in [5.74, 6) is 0.406. The zero-order valence-corrected chi connectivity index (χ0v) is 11.0. The van der Waals surface area contributed by atoms with Crippen molar-refractivity contribution in [3.63, 3.8) is 0 Å². The molecule has 0 spiro atoms. The second-order valence-electron chi connectivity index (χ2n) is 4.99. The van der Waals surface area contributed by atoms with Gasteiger partial charge in [0, 0.05) is 0 Å². The highest BCUT2D eigenvalue weighted by molar-refractivity contribution is 5.81. The maximum Gasteiger partial charge on any atom is 0.227 e. The first kappa shape index (κ1) is 13.6.